The van der Waals surface area contributed by atoms with Crippen LogP contribution in [0.4, 0.5) is 5.69 Å². The van der Waals surface area contributed by atoms with E-state index in [0.29, 0.717) is 16.6 Å². The van der Waals surface area contributed by atoms with E-state index in [1.165, 1.54) is 4.90 Å². The summed E-state index contributed by atoms with van der Waals surface area (Å²) < 4.78 is 0. The van der Waals surface area contributed by atoms with Crippen molar-refractivity contribution in [3.63, 3.8) is 0 Å². The van der Waals surface area contributed by atoms with E-state index in [1.54, 1.807) is 20.2 Å². The maximum atomic E-state index is 11.8. The van der Waals surface area contributed by atoms with Crippen LogP contribution in [0.5, 0.6) is 0 Å². The standard InChI is InChI=1S/C13H18ClN3O/c1-17(2)13(18)11-4-3-9(7-12(11)14)16-10-5-6-15-8-10/h3-4,7,10,15-16H,5-6,8H2,1-2H3/t10-/m1/s1. The predicted molar refractivity (Wildman–Crippen MR) is 74.4 cm³/mol. The van der Waals surface area contributed by atoms with Crippen LogP contribution >= 0.6 is 11.6 Å². The summed E-state index contributed by atoms with van der Waals surface area (Å²) in [5.74, 6) is -0.0749. The molecule has 2 rings (SSSR count). The zero-order chi connectivity index (χ0) is 13.1. The van der Waals surface area contributed by atoms with Gasteiger partial charge in [0.15, 0.2) is 0 Å². The molecular weight excluding hydrogens is 250 g/mol. The van der Waals surface area contributed by atoms with Crippen LogP contribution in [0.3, 0.4) is 0 Å². The molecular formula is C13H18ClN3O. The van der Waals surface area contributed by atoms with Crippen LogP contribution in [-0.2, 0) is 0 Å². The second-order valence-electron chi connectivity index (χ2n) is 4.73. The maximum absolute atomic E-state index is 11.8. The first-order valence-corrected chi connectivity index (χ1v) is 6.44. The molecule has 1 aromatic rings. The minimum Gasteiger partial charge on any atom is -0.381 e. The number of benzene rings is 1. The van der Waals surface area contributed by atoms with Crippen molar-refractivity contribution in [2.24, 2.45) is 0 Å². The average Bonchev–Trinajstić information content (AvgIpc) is 2.81. The third kappa shape index (κ3) is 2.94. The highest BCUT2D eigenvalue weighted by Crippen LogP contribution is 2.23. The van der Waals surface area contributed by atoms with Gasteiger partial charge in [0.2, 0.25) is 0 Å². The van der Waals surface area contributed by atoms with Crippen LogP contribution in [-0.4, -0.2) is 44.0 Å². The van der Waals surface area contributed by atoms with Gasteiger partial charge in [-0.05, 0) is 31.2 Å². The number of rotatable bonds is 3. The maximum Gasteiger partial charge on any atom is 0.254 e. The van der Waals surface area contributed by atoms with Crippen molar-refractivity contribution in [2.75, 3.05) is 32.5 Å². The van der Waals surface area contributed by atoms with Crippen molar-refractivity contribution in [3.05, 3.63) is 28.8 Å². The summed E-state index contributed by atoms with van der Waals surface area (Å²) >= 11 is 6.15. The molecule has 18 heavy (non-hydrogen) atoms. The fraction of sp³-hybridized carbons (Fsp3) is 0.462. The molecule has 0 spiro atoms. The number of carbonyl (C=O) groups excluding carboxylic acids is 1. The van der Waals surface area contributed by atoms with Gasteiger partial charge in [-0.1, -0.05) is 11.6 Å². The fourth-order valence-electron chi connectivity index (χ4n) is 2.03. The summed E-state index contributed by atoms with van der Waals surface area (Å²) in [7, 11) is 3.43. The van der Waals surface area contributed by atoms with Gasteiger partial charge >= 0.3 is 0 Å². The van der Waals surface area contributed by atoms with Crippen molar-refractivity contribution in [1.82, 2.24) is 10.2 Å². The van der Waals surface area contributed by atoms with E-state index in [1.807, 2.05) is 12.1 Å². The zero-order valence-electron chi connectivity index (χ0n) is 10.7. The molecule has 2 N–H and O–H groups in total. The lowest BCUT2D eigenvalue weighted by Crippen LogP contribution is -2.23. The average molecular weight is 268 g/mol. The molecule has 0 radical (unpaired) electrons. The number of carbonyl (C=O) groups is 1. The third-order valence-electron chi connectivity index (χ3n) is 3.04. The molecule has 0 aromatic heterocycles. The molecule has 1 fully saturated rings. The fourth-order valence-corrected chi connectivity index (χ4v) is 2.29. The van der Waals surface area contributed by atoms with Crippen LogP contribution in [0.15, 0.2) is 18.2 Å². The molecule has 1 heterocycles. The summed E-state index contributed by atoms with van der Waals surface area (Å²) in [5, 5.41) is 7.19. The van der Waals surface area contributed by atoms with E-state index >= 15 is 0 Å². The minimum absolute atomic E-state index is 0.0749. The van der Waals surface area contributed by atoms with E-state index in [2.05, 4.69) is 10.6 Å². The van der Waals surface area contributed by atoms with Gasteiger partial charge in [0, 0.05) is 32.4 Å². The van der Waals surface area contributed by atoms with Crippen LogP contribution in [0.25, 0.3) is 0 Å². The van der Waals surface area contributed by atoms with Gasteiger partial charge in [0.25, 0.3) is 5.91 Å². The highest BCUT2D eigenvalue weighted by atomic mass is 35.5. The molecule has 1 atom stereocenters. The first kappa shape index (κ1) is 13.2. The quantitative estimate of drug-likeness (QED) is 0.878. The van der Waals surface area contributed by atoms with Crippen molar-refractivity contribution in [1.29, 1.82) is 0 Å². The highest BCUT2D eigenvalue weighted by molar-refractivity contribution is 6.34. The number of nitrogens with one attached hydrogen (secondary N) is 2. The van der Waals surface area contributed by atoms with Gasteiger partial charge in [0.1, 0.15) is 0 Å². The Kier molecular flexibility index (Phi) is 4.09. The topological polar surface area (TPSA) is 44.4 Å². The largest absolute Gasteiger partial charge is 0.381 e. The van der Waals surface area contributed by atoms with Gasteiger partial charge in [-0.3, -0.25) is 4.79 Å². The number of hydrogen-bond acceptors (Lipinski definition) is 3. The summed E-state index contributed by atoms with van der Waals surface area (Å²) in [4.78, 5) is 13.4. The van der Waals surface area contributed by atoms with Crippen LogP contribution < -0.4 is 10.6 Å². The van der Waals surface area contributed by atoms with E-state index in [4.69, 9.17) is 11.6 Å². The van der Waals surface area contributed by atoms with E-state index in [0.717, 1.165) is 25.2 Å². The molecule has 4 nitrogen and oxygen atoms in total. The summed E-state index contributed by atoms with van der Waals surface area (Å²) in [6.45, 7) is 2.01. The number of amides is 1. The molecule has 0 bridgehead atoms. The summed E-state index contributed by atoms with van der Waals surface area (Å²) in [6.07, 6.45) is 1.11. The molecule has 1 amide bonds. The van der Waals surface area contributed by atoms with Gasteiger partial charge in [-0.25, -0.2) is 0 Å². The molecule has 5 heteroatoms. The van der Waals surface area contributed by atoms with Crippen LogP contribution in [0.1, 0.15) is 16.8 Å². The minimum atomic E-state index is -0.0749. The van der Waals surface area contributed by atoms with E-state index in [-0.39, 0.29) is 5.91 Å². The van der Waals surface area contributed by atoms with Crippen molar-refractivity contribution in [3.8, 4) is 0 Å². The molecule has 0 aliphatic carbocycles. The van der Waals surface area contributed by atoms with E-state index in [9.17, 15) is 4.79 Å². The molecule has 1 saturated heterocycles. The summed E-state index contributed by atoms with van der Waals surface area (Å²) in [6, 6.07) is 5.93. The third-order valence-corrected chi connectivity index (χ3v) is 3.35. The zero-order valence-corrected chi connectivity index (χ0v) is 11.4. The highest BCUT2D eigenvalue weighted by Gasteiger charge is 2.16. The normalized spacial score (nSPS) is 18.7. The first-order valence-electron chi connectivity index (χ1n) is 6.06. The molecule has 1 aromatic carbocycles. The Morgan fingerprint density at radius 1 is 1.50 bits per heavy atom. The van der Waals surface area contributed by atoms with Gasteiger partial charge in [-0.15, -0.1) is 0 Å². The van der Waals surface area contributed by atoms with Crippen molar-refractivity contribution < 1.29 is 4.79 Å². The lowest BCUT2D eigenvalue weighted by Gasteiger charge is -2.15. The number of hydrogen-bond donors (Lipinski definition) is 2. The second-order valence-corrected chi connectivity index (χ2v) is 5.14. The Morgan fingerprint density at radius 3 is 2.83 bits per heavy atom. The smallest absolute Gasteiger partial charge is 0.254 e. The Bertz CT molecular complexity index is 442. The summed E-state index contributed by atoms with van der Waals surface area (Å²) in [5.41, 5.74) is 1.50. The number of halogens is 1. The Labute approximate surface area is 112 Å². The molecule has 1 aliphatic heterocycles. The number of nitrogens with zero attached hydrogens (tertiary/aromatic N) is 1. The molecule has 0 saturated carbocycles. The van der Waals surface area contributed by atoms with Gasteiger partial charge in [-0.2, -0.15) is 0 Å². The van der Waals surface area contributed by atoms with Crippen LogP contribution in [0, 0.1) is 0 Å². The predicted octanol–water partition coefficient (Wildman–Crippen LogP) is 1.82. The van der Waals surface area contributed by atoms with Gasteiger partial charge in [0.05, 0.1) is 10.6 Å². The van der Waals surface area contributed by atoms with E-state index < -0.39 is 0 Å². The lowest BCUT2D eigenvalue weighted by molar-refractivity contribution is 0.0828. The first-order chi connectivity index (χ1) is 8.58. The van der Waals surface area contributed by atoms with Gasteiger partial charge < -0.3 is 15.5 Å². The Hall–Kier alpha value is -1.26. The Morgan fingerprint density at radius 2 is 2.28 bits per heavy atom. The van der Waals surface area contributed by atoms with Crippen molar-refractivity contribution in [2.45, 2.75) is 12.5 Å². The second kappa shape index (κ2) is 5.59. The molecule has 1 aliphatic rings. The lowest BCUT2D eigenvalue weighted by atomic mass is 10.1. The molecule has 98 valence electrons. The van der Waals surface area contributed by atoms with Crippen molar-refractivity contribution >= 4 is 23.2 Å². The Balaban J connectivity index is 2.11. The van der Waals surface area contributed by atoms with Crippen LogP contribution in [0.2, 0.25) is 5.02 Å². The monoisotopic (exact) mass is 267 g/mol. The SMILES string of the molecule is CN(C)C(=O)c1ccc(N[C@@H]2CCNC2)cc1Cl. The number of anilines is 1. The molecule has 0 unspecified atom stereocenters.